The van der Waals surface area contributed by atoms with Crippen molar-refractivity contribution < 1.29 is 32.2 Å². The van der Waals surface area contributed by atoms with Crippen LogP contribution in [-0.4, -0.2) is 0 Å². The van der Waals surface area contributed by atoms with Crippen molar-refractivity contribution in [3.8, 4) is 0 Å². The summed E-state index contributed by atoms with van der Waals surface area (Å²) < 4.78 is 55.3. The van der Waals surface area contributed by atoms with Gasteiger partial charge in [-0.25, -0.2) is 17.6 Å². The Bertz CT molecular complexity index is 356. The number of hydrogen-bond acceptors (Lipinski definition) is 4. The van der Waals surface area contributed by atoms with Crippen molar-refractivity contribution in [2.24, 2.45) is 0 Å². The van der Waals surface area contributed by atoms with Crippen LogP contribution in [0.3, 0.4) is 0 Å². The maximum absolute atomic E-state index is 13.0. The standard InChI is InChI=1S/C7H4F4O3S/c1-2-3(8)5(10)7(15-14-13-12)6(11)4(2)9/h12H,1H3/p-1. The lowest BCUT2D eigenvalue weighted by Gasteiger charge is -2.09. The minimum atomic E-state index is -1.64. The Kier molecular flexibility index (Phi) is 3.91. The van der Waals surface area contributed by atoms with Gasteiger partial charge >= 0.3 is 0 Å². The second kappa shape index (κ2) is 4.79. The first-order valence-electron chi connectivity index (χ1n) is 3.46. The Morgan fingerprint density at radius 2 is 1.47 bits per heavy atom. The Hall–Kier alpha value is -0.830. The molecule has 0 saturated heterocycles. The van der Waals surface area contributed by atoms with E-state index in [9.17, 15) is 22.8 Å². The molecule has 0 unspecified atom stereocenters. The van der Waals surface area contributed by atoms with E-state index in [4.69, 9.17) is 0 Å². The molecule has 0 aliphatic carbocycles. The van der Waals surface area contributed by atoms with Gasteiger partial charge < -0.3 is 5.26 Å². The minimum absolute atomic E-state index is 0.254. The molecule has 0 aromatic heterocycles. The van der Waals surface area contributed by atoms with Crippen molar-refractivity contribution in [3.63, 3.8) is 0 Å². The van der Waals surface area contributed by atoms with Crippen LogP contribution < -0.4 is 5.26 Å². The summed E-state index contributed by atoms with van der Waals surface area (Å²) in [4.78, 5) is -1.12. The van der Waals surface area contributed by atoms with E-state index in [1.807, 2.05) is 0 Å². The molecule has 0 bridgehead atoms. The van der Waals surface area contributed by atoms with E-state index in [2.05, 4.69) is 9.37 Å². The van der Waals surface area contributed by atoms with Crippen molar-refractivity contribution >= 4 is 12.0 Å². The molecular weight excluding hydrogens is 240 g/mol. The smallest absolute Gasteiger partial charge is 0.178 e. The fourth-order valence-electron chi connectivity index (χ4n) is 0.842. The van der Waals surface area contributed by atoms with E-state index >= 15 is 0 Å². The molecule has 8 heteroatoms. The molecule has 0 spiro atoms. The molecule has 0 fully saturated rings. The first kappa shape index (κ1) is 12.2. The lowest BCUT2D eigenvalue weighted by Crippen LogP contribution is -2.05. The first-order valence-corrected chi connectivity index (χ1v) is 4.20. The first-order chi connectivity index (χ1) is 7.00. The molecule has 0 N–H and O–H groups in total. The molecule has 0 saturated carbocycles. The van der Waals surface area contributed by atoms with E-state index in [1.165, 1.54) is 0 Å². The Balaban J connectivity index is 3.26. The third kappa shape index (κ3) is 2.23. The van der Waals surface area contributed by atoms with Crippen molar-refractivity contribution in [2.75, 3.05) is 0 Å². The van der Waals surface area contributed by atoms with Crippen molar-refractivity contribution in [1.82, 2.24) is 0 Å². The highest BCUT2D eigenvalue weighted by atomic mass is 32.2. The minimum Gasteiger partial charge on any atom is -0.691 e. The summed E-state index contributed by atoms with van der Waals surface area (Å²) in [5, 5.41) is 12.2. The molecule has 3 nitrogen and oxygen atoms in total. The second-order valence-electron chi connectivity index (χ2n) is 2.43. The number of benzene rings is 1. The summed E-state index contributed by atoms with van der Waals surface area (Å²) in [6, 6.07) is 0. The lowest BCUT2D eigenvalue weighted by molar-refractivity contribution is -0.777. The molecule has 0 radical (unpaired) electrons. The van der Waals surface area contributed by atoms with Crippen LogP contribution in [-0.2, 0) is 9.37 Å². The molecule has 0 aliphatic heterocycles. The summed E-state index contributed by atoms with van der Waals surface area (Å²) in [6.45, 7) is 0.871. The van der Waals surface area contributed by atoms with Gasteiger partial charge in [-0.15, -0.1) is 0 Å². The van der Waals surface area contributed by atoms with Crippen LogP contribution in [0.1, 0.15) is 5.56 Å². The summed E-state index contributed by atoms with van der Waals surface area (Å²) in [5.41, 5.74) is -0.794. The molecule has 0 atom stereocenters. The fourth-order valence-corrected chi connectivity index (χ4v) is 1.26. The number of halogens is 4. The zero-order valence-corrected chi connectivity index (χ0v) is 7.96. The third-order valence-corrected chi connectivity index (χ3v) is 2.24. The van der Waals surface area contributed by atoms with Gasteiger partial charge in [0.1, 0.15) is 4.90 Å². The highest BCUT2D eigenvalue weighted by molar-refractivity contribution is 7.94. The summed E-state index contributed by atoms with van der Waals surface area (Å²) in [7, 11) is 0. The van der Waals surface area contributed by atoms with Gasteiger partial charge in [0.05, 0.1) is 12.0 Å². The van der Waals surface area contributed by atoms with Gasteiger partial charge in [0, 0.05) is 5.56 Å². The molecule has 1 aromatic carbocycles. The van der Waals surface area contributed by atoms with Gasteiger partial charge in [-0.1, -0.05) is 0 Å². The van der Waals surface area contributed by atoms with Crippen LogP contribution in [0.5, 0.6) is 0 Å². The molecule has 0 heterocycles. The van der Waals surface area contributed by atoms with Crippen LogP contribution in [0, 0.1) is 30.2 Å². The molecule has 15 heavy (non-hydrogen) atoms. The zero-order chi connectivity index (χ0) is 11.6. The van der Waals surface area contributed by atoms with E-state index in [0.717, 1.165) is 6.92 Å². The summed E-state index contributed by atoms with van der Waals surface area (Å²) in [6.07, 6.45) is 0. The number of hydrogen-bond donors (Lipinski definition) is 0. The molecule has 84 valence electrons. The molecule has 1 rings (SSSR count). The van der Waals surface area contributed by atoms with Crippen LogP contribution in [0.2, 0.25) is 0 Å². The quantitative estimate of drug-likeness (QED) is 0.267. The van der Waals surface area contributed by atoms with Gasteiger partial charge in [0.15, 0.2) is 23.3 Å². The molecular formula is C7H3F4O3S-. The van der Waals surface area contributed by atoms with E-state index in [0.29, 0.717) is 0 Å². The third-order valence-electron chi connectivity index (χ3n) is 1.59. The maximum Gasteiger partial charge on any atom is 0.178 e. The Morgan fingerprint density at radius 1 is 1.00 bits per heavy atom. The fraction of sp³-hybridized carbons (Fsp3) is 0.143. The predicted molar refractivity (Wildman–Crippen MR) is 39.0 cm³/mol. The van der Waals surface area contributed by atoms with Gasteiger partial charge in [-0.2, -0.15) is 4.33 Å². The number of rotatable bonds is 3. The predicted octanol–water partition coefficient (Wildman–Crippen LogP) is 1.78. The van der Waals surface area contributed by atoms with Gasteiger partial charge in [0.25, 0.3) is 0 Å². The Morgan fingerprint density at radius 3 is 1.87 bits per heavy atom. The monoisotopic (exact) mass is 243 g/mol. The van der Waals surface area contributed by atoms with Gasteiger partial charge in [-0.3, -0.25) is 5.04 Å². The van der Waals surface area contributed by atoms with Crippen molar-refractivity contribution in [2.45, 2.75) is 11.8 Å². The summed E-state index contributed by atoms with van der Waals surface area (Å²) >= 11 is -0.254. The molecule has 1 aromatic rings. The van der Waals surface area contributed by atoms with E-state index in [1.54, 1.807) is 0 Å². The Labute approximate surface area is 85.7 Å². The lowest BCUT2D eigenvalue weighted by atomic mass is 10.2. The highest BCUT2D eigenvalue weighted by Crippen LogP contribution is 2.31. The van der Waals surface area contributed by atoms with Crippen LogP contribution >= 0.6 is 12.0 Å². The van der Waals surface area contributed by atoms with Crippen molar-refractivity contribution in [1.29, 1.82) is 0 Å². The highest BCUT2D eigenvalue weighted by Gasteiger charge is 2.23. The largest absolute Gasteiger partial charge is 0.691 e. The van der Waals surface area contributed by atoms with Crippen molar-refractivity contribution in [3.05, 3.63) is 28.8 Å². The van der Waals surface area contributed by atoms with Gasteiger partial charge in [0.2, 0.25) is 0 Å². The van der Waals surface area contributed by atoms with E-state index in [-0.39, 0.29) is 12.0 Å². The molecule has 0 amide bonds. The average molecular weight is 243 g/mol. The van der Waals surface area contributed by atoms with Crippen LogP contribution in [0.15, 0.2) is 4.90 Å². The van der Waals surface area contributed by atoms with Crippen LogP contribution in [0.4, 0.5) is 17.6 Å². The topological polar surface area (TPSA) is 41.5 Å². The van der Waals surface area contributed by atoms with Crippen LogP contribution in [0.25, 0.3) is 0 Å². The molecule has 0 aliphatic rings. The SMILES string of the molecule is Cc1c(F)c(F)c(SOO[O-])c(F)c1F. The maximum atomic E-state index is 13.0. The zero-order valence-electron chi connectivity index (χ0n) is 7.14. The normalized spacial score (nSPS) is 10.8. The second-order valence-corrected chi connectivity index (χ2v) is 3.14. The summed E-state index contributed by atoms with van der Waals surface area (Å²) in [5.74, 6) is -6.39. The van der Waals surface area contributed by atoms with Gasteiger partial charge in [-0.05, 0) is 6.92 Å². The van der Waals surface area contributed by atoms with E-state index < -0.39 is 33.7 Å². The average Bonchev–Trinajstić information content (AvgIpc) is 2.24.